The summed E-state index contributed by atoms with van der Waals surface area (Å²) in [7, 11) is -1.49. The van der Waals surface area contributed by atoms with Gasteiger partial charge in [0.1, 0.15) is 0 Å². The Balaban J connectivity index is 1.36. The molecule has 2 aromatic carbocycles. The van der Waals surface area contributed by atoms with Gasteiger partial charge in [-0.05, 0) is 48.7 Å². The molecule has 0 aliphatic carbocycles. The lowest BCUT2D eigenvalue weighted by molar-refractivity contribution is 0.320. The van der Waals surface area contributed by atoms with Crippen LogP contribution in [0.2, 0.25) is 0 Å². The lowest BCUT2D eigenvalue weighted by Gasteiger charge is -2.16. The van der Waals surface area contributed by atoms with Gasteiger partial charge in [0.2, 0.25) is 0 Å². The Labute approximate surface area is 177 Å². The highest BCUT2D eigenvalue weighted by Gasteiger charge is 2.28. The van der Waals surface area contributed by atoms with E-state index in [1.807, 2.05) is 25.4 Å². The van der Waals surface area contributed by atoms with Gasteiger partial charge in [-0.25, -0.2) is 8.42 Å². The fourth-order valence-electron chi connectivity index (χ4n) is 3.97. The van der Waals surface area contributed by atoms with Gasteiger partial charge in [0.25, 0.3) is 0 Å². The van der Waals surface area contributed by atoms with Crippen LogP contribution in [-0.2, 0) is 23.4 Å². The minimum absolute atomic E-state index is 0.105. The van der Waals surface area contributed by atoms with Crippen LogP contribution in [0.15, 0.2) is 65.7 Å². The topological polar surface area (TPSA) is 79.0 Å². The highest BCUT2D eigenvalue weighted by atomic mass is 32.2. The van der Waals surface area contributed by atoms with Gasteiger partial charge in [-0.1, -0.05) is 30.3 Å². The van der Waals surface area contributed by atoms with E-state index < -0.39 is 9.84 Å². The molecule has 0 spiro atoms. The molecule has 7 heteroatoms. The minimum atomic E-state index is -3.39. The van der Waals surface area contributed by atoms with Crippen molar-refractivity contribution in [3.63, 3.8) is 0 Å². The molecule has 0 N–H and O–H groups in total. The number of sulfone groups is 1. The number of likely N-dealkylation sites (tertiary alicyclic amines) is 1. The summed E-state index contributed by atoms with van der Waals surface area (Å²) in [6.45, 7) is 2.46. The Morgan fingerprint density at radius 1 is 1.17 bits per heavy atom. The van der Waals surface area contributed by atoms with E-state index in [1.165, 1.54) is 11.6 Å². The quantitative estimate of drug-likeness (QED) is 0.612. The van der Waals surface area contributed by atoms with E-state index in [2.05, 4.69) is 34.3 Å². The molecule has 0 bridgehead atoms. The van der Waals surface area contributed by atoms with Crippen LogP contribution in [0.25, 0.3) is 11.3 Å². The van der Waals surface area contributed by atoms with E-state index >= 15 is 0 Å². The average molecular weight is 421 g/mol. The second kappa shape index (κ2) is 8.42. The van der Waals surface area contributed by atoms with Crippen LogP contribution < -0.4 is 0 Å². The van der Waals surface area contributed by atoms with E-state index in [0.717, 1.165) is 37.3 Å². The maximum Gasteiger partial charge on any atom is 0.178 e. The first kappa shape index (κ1) is 20.3. The highest BCUT2D eigenvalue weighted by molar-refractivity contribution is 7.91. The number of aromatic nitrogens is 2. The largest absolute Gasteiger partial charge is 0.299 e. The molecule has 0 unspecified atom stereocenters. The summed E-state index contributed by atoms with van der Waals surface area (Å²) in [5.41, 5.74) is 3.62. The molecule has 4 rings (SSSR count). The van der Waals surface area contributed by atoms with Crippen LogP contribution in [-0.4, -0.2) is 41.9 Å². The Morgan fingerprint density at radius 3 is 2.67 bits per heavy atom. The molecule has 0 amide bonds. The maximum absolute atomic E-state index is 12.8. The zero-order chi connectivity index (χ0) is 21.1. The van der Waals surface area contributed by atoms with Crippen LogP contribution in [0.4, 0.5) is 0 Å². The van der Waals surface area contributed by atoms with Crippen LogP contribution in [0.1, 0.15) is 17.5 Å². The molecule has 1 saturated heterocycles. The molecule has 154 valence electrons. The smallest absolute Gasteiger partial charge is 0.178 e. The summed E-state index contributed by atoms with van der Waals surface area (Å²) in [6, 6.07) is 18.7. The van der Waals surface area contributed by atoms with Crippen LogP contribution in [0.3, 0.4) is 0 Å². The zero-order valence-electron chi connectivity index (χ0n) is 16.9. The third-order valence-electron chi connectivity index (χ3n) is 5.52. The van der Waals surface area contributed by atoms with Crippen molar-refractivity contribution in [3.05, 3.63) is 71.9 Å². The predicted octanol–water partition coefficient (Wildman–Crippen LogP) is 3.25. The monoisotopic (exact) mass is 420 g/mol. The molecule has 30 heavy (non-hydrogen) atoms. The number of rotatable bonds is 6. The number of aryl methyl sites for hydroxylation is 1. The van der Waals surface area contributed by atoms with Gasteiger partial charge in [0, 0.05) is 31.9 Å². The predicted molar refractivity (Wildman–Crippen MR) is 115 cm³/mol. The second-order valence-corrected chi connectivity index (χ2v) is 9.92. The van der Waals surface area contributed by atoms with Gasteiger partial charge in [-0.2, -0.15) is 10.4 Å². The molecular weight excluding hydrogens is 396 g/mol. The first-order valence-corrected chi connectivity index (χ1v) is 11.6. The van der Waals surface area contributed by atoms with Crippen molar-refractivity contribution in [2.24, 2.45) is 13.0 Å². The van der Waals surface area contributed by atoms with Crippen molar-refractivity contribution >= 4 is 9.84 Å². The van der Waals surface area contributed by atoms with E-state index in [4.69, 9.17) is 5.26 Å². The number of nitrogens with zero attached hydrogens (tertiary/aromatic N) is 4. The van der Waals surface area contributed by atoms with Crippen LogP contribution >= 0.6 is 0 Å². The Bertz CT molecular complexity index is 1180. The molecule has 2 heterocycles. The minimum Gasteiger partial charge on any atom is -0.299 e. The van der Waals surface area contributed by atoms with Crippen molar-refractivity contribution in [2.45, 2.75) is 17.9 Å². The fraction of sp³-hybridized carbons (Fsp3) is 0.304. The molecule has 1 aliphatic rings. The SMILES string of the molecule is Cn1ccc(-c2ccc(CN3CC[C@@H](CS(=O)(=O)c4cccc(C#N)c4)C3)cc2)n1. The lowest BCUT2D eigenvalue weighted by Crippen LogP contribution is -2.23. The van der Waals surface area contributed by atoms with Gasteiger partial charge in [0.05, 0.1) is 28.0 Å². The summed E-state index contributed by atoms with van der Waals surface area (Å²) >= 11 is 0. The molecule has 1 aliphatic heterocycles. The van der Waals surface area contributed by atoms with E-state index in [1.54, 1.807) is 22.9 Å². The molecule has 6 nitrogen and oxygen atoms in total. The second-order valence-electron chi connectivity index (χ2n) is 7.88. The molecule has 0 radical (unpaired) electrons. The third-order valence-corrected chi connectivity index (χ3v) is 7.40. The Morgan fingerprint density at radius 2 is 1.97 bits per heavy atom. The summed E-state index contributed by atoms with van der Waals surface area (Å²) in [5.74, 6) is 0.227. The zero-order valence-corrected chi connectivity index (χ0v) is 17.7. The molecule has 1 fully saturated rings. The number of nitriles is 1. The normalized spacial score (nSPS) is 17.1. The third kappa shape index (κ3) is 4.61. The Kier molecular flexibility index (Phi) is 5.71. The number of hydrogen-bond acceptors (Lipinski definition) is 5. The Hall–Kier alpha value is -2.95. The van der Waals surface area contributed by atoms with Gasteiger partial charge in [0.15, 0.2) is 9.84 Å². The molecular formula is C23H24N4O2S. The van der Waals surface area contributed by atoms with E-state index in [0.29, 0.717) is 5.56 Å². The average Bonchev–Trinajstić information content (AvgIpc) is 3.37. The van der Waals surface area contributed by atoms with Crippen LogP contribution in [0.5, 0.6) is 0 Å². The van der Waals surface area contributed by atoms with Gasteiger partial charge in [-0.15, -0.1) is 0 Å². The van der Waals surface area contributed by atoms with Gasteiger partial charge in [-0.3, -0.25) is 9.58 Å². The van der Waals surface area contributed by atoms with Crippen molar-refractivity contribution in [1.82, 2.24) is 14.7 Å². The summed E-state index contributed by atoms with van der Waals surface area (Å²) in [5, 5.41) is 13.4. The van der Waals surface area contributed by atoms with Gasteiger partial charge < -0.3 is 0 Å². The van der Waals surface area contributed by atoms with Crippen molar-refractivity contribution in [1.29, 1.82) is 5.26 Å². The molecule has 1 atom stereocenters. The highest BCUT2D eigenvalue weighted by Crippen LogP contribution is 2.24. The van der Waals surface area contributed by atoms with E-state index in [-0.39, 0.29) is 16.6 Å². The van der Waals surface area contributed by atoms with E-state index in [9.17, 15) is 8.42 Å². The molecule has 3 aromatic rings. The maximum atomic E-state index is 12.8. The molecule has 0 saturated carbocycles. The summed E-state index contributed by atoms with van der Waals surface area (Å²) < 4.78 is 27.3. The first-order valence-electron chi connectivity index (χ1n) is 9.97. The lowest BCUT2D eigenvalue weighted by atomic mass is 10.1. The van der Waals surface area contributed by atoms with Crippen molar-refractivity contribution < 1.29 is 8.42 Å². The first-order chi connectivity index (χ1) is 14.4. The van der Waals surface area contributed by atoms with Crippen molar-refractivity contribution in [3.8, 4) is 17.3 Å². The van der Waals surface area contributed by atoms with Crippen LogP contribution in [0, 0.1) is 17.2 Å². The number of benzene rings is 2. The summed E-state index contributed by atoms with van der Waals surface area (Å²) in [6.07, 6.45) is 2.79. The summed E-state index contributed by atoms with van der Waals surface area (Å²) in [4.78, 5) is 2.55. The molecule has 1 aromatic heterocycles. The standard InChI is InChI=1S/C23H24N4O2S/c1-26-11-10-23(25-26)21-7-5-18(6-8-21)15-27-12-9-20(16-27)17-30(28,29)22-4-2-3-19(13-22)14-24/h2-8,10-11,13,20H,9,12,15-17H2,1H3/t20-/m1/s1. The van der Waals surface area contributed by atoms with Gasteiger partial charge >= 0.3 is 0 Å². The fourth-order valence-corrected chi connectivity index (χ4v) is 5.64. The number of hydrogen-bond donors (Lipinski definition) is 0. The van der Waals surface area contributed by atoms with Crippen molar-refractivity contribution in [2.75, 3.05) is 18.8 Å².